The molecule has 3 aromatic rings. The van der Waals surface area contributed by atoms with E-state index in [-0.39, 0.29) is 0 Å². The van der Waals surface area contributed by atoms with Crippen molar-refractivity contribution in [2.75, 3.05) is 19.7 Å². The molecule has 0 spiro atoms. The van der Waals surface area contributed by atoms with Crippen LogP contribution in [-0.2, 0) is 0 Å². The zero-order valence-corrected chi connectivity index (χ0v) is 16.9. The Morgan fingerprint density at radius 2 is 1.43 bits per heavy atom. The average Bonchev–Trinajstić information content (AvgIpc) is 2.74. The predicted molar refractivity (Wildman–Crippen MR) is 114 cm³/mol. The maximum Gasteiger partial charge on any atom is 0.232 e. The second-order valence-corrected chi connectivity index (χ2v) is 7.80. The van der Waals surface area contributed by atoms with Crippen LogP contribution in [0.4, 0.5) is 0 Å². The topological polar surface area (TPSA) is 47.0 Å². The zero-order valence-electron chi connectivity index (χ0n) is 15.4. The molecule has 1 N–H and O–H groups in total. The molecule has 28 heavy (non-hydrogen) atoms. The Morgan fingerprint density at radius 1 is 0.857 bits per heavy atom. The van der Waals surface area contributed by atoms with Crippen LogP contribution in [0.2, 0.25) is 10.0 Å². The summed E-state index contributed by atoms with van der Waals surface area (Å²) in [5.41, 5.74) is 3.44. The summed E-state index contributed by atoms with van der Waals surface area (Å²) in [7, 11) is 0. The van der Waals surface area contributed by atoms with Crippen LogP contribution in [0.3, 0.4) is 0 Å². The molecule has 0 saturated carbocycles. The number of rotatable bonds is 5. The first-order chi connectivity index (χ1) is 13.7. The van der Waals surface area contributed by atoms with E-state index in [0.29, 0.717) is 28.5 Å². The quantitative estimate of drug-likeness (QED) is 0.599. The van der Waals surface area contributed by atoms with Crippen LogP contribution >= 0.6 is 23.2 Å². The van der Waals surface area contributed by atoms with Gasteiger partial charge in [-0.05, 0) is 56.1 Å². The molecule has 0 bridgehead atoms. The molecule has 1 aliphatic heterocycles. The number of nitrogens with one attached hydrogen (secondary N) is 1. The first-order valence-electron chi connectivity index (χ1n) is 9.41. The van der Waals surface area contributed by atoms with Crippen molar-refractivity contribution in [2.24, 2.45) is 5.92 Å². The van der Waals surface area contributed by atoms with E-state index in [9.17, 15) is 0 Å². The largest absolute Gasteiger partial charge is 0.476 e. The summed E-state index contributed by atoms with van der Waals surface area (Å²) in [5.74, 6) is 1.10. The number of hydrogen-bond acceptors (Lipinski definition) is 4. The average molecular weight is 414 g/mol. The molecule has 1 aliphatic rings. The highest BCUT2D eigenvalue weighted by molar-refractivity contribution is 6.31. The molecule has 1 saturated heterocycles. The maximum absolute atomic E-state index is 6.06. The van der Waals surface area contributed by atoms with Crippen LogP contribution in [0.1, 0.15) is 12.8 Å². The second-order valence-electron chi connectivity index (χ2n) is 6.92. The van der Waals surface area contributed by atoms with Crippen LogP contribution < -0.4 is 10.1 Å². The molecule has 0 unspecified atom stereocenters. The van der Waals surface area contributed by atoms with Crippen LogP contribution in [0.25, 0.3) is 22.5 Å². The zero-order chi connectivity index (χ0) is 19.3. The van der Waals surface area contributed by atoms with Gasteiger partial charge in [0.05, 0.1) is 18.5 Å². The Hall–Kier alpha value is -2.14. The van der Waals surface area contributed by atoms with Gasteiger partial charge in [0.1, 0.15) is 5.69 Å². The van der Waals surface area contributed by atoms with Gasteiger partial charge in [-0.2, -0.15) is 0 Å². The lowest BCUT2D eigenvalue weighted by Crippen LogP contribution is -2.30. The van der Waals surface area contributed by atoms with E-state index in [1.165, 1.54) is 0 Å². The molecule has 144 valence electrons. The van der Waals surface area contributed by atoms with E-state index in [4.69, 9.17) is 32.9 Å². The molecule has 0 atom stereocenters. The number of piperidine rings is 1. The fraction of sp³-hybridized carbons (Fsp3) is 0.273. The van der Waals surface area contributed by atoms with Gasteiger partial charge in [-0.25, -0.2) is 9.97 Å². The summed E-state index contributed by atoms with van der Waals surface area (Å²) in [4.78, 5) is 9.44. The van der Waals surface area contributed by atoms with E-state index in [2.05, 4.69) is 10.3 Å². The number of hydrogen-bond donors (Lipinski definition) is 1. The Balaban J connectivity index is 1.65. The van der Waals surface area contributed by atoms with E-state index in [1.54, 1.807) is 6.20 Å². The third-order valence-electron chi connectivity index (χ3n) is 4.91. The van der Waals surface area contributed by atoms with Gasteiger partial charge in [-0.3, -0.25) is 0 Å². The van der Waals surface area contributed by atoms with Crippen molar-refractivity contribution < 1.29 is 4.74 Å². The Morgan fingerprint density at radius 3 is 2.04 bits per heavy atom. The number of ether oxygens (including phenoxy) is 1. The van der Waals surface area contributed by atoms with Crippen LogP contribution in [0, 0.1) is 5.92 Å². The van der Waals surface area contributed by atoms with Gasteiger partial charge in [-0.15, -0.1) is 0 Å². The van der Waals surface area contributed by atoms with Gasteiger partial charge in [0, 0.05) is 21.2 Å². The summed E-state index contributed by atoms with van der Waals surface area (Å²) < 4.78 is 5.99. The summed E-state index contributed by atoms with van der Waals surface area (Å²) >= 11 is 12.1. The number of nitrogens with zero attached hydrogens (tertiary/aromatic N) is 2. The first-order valence-corrected chi connectivity index (χ1v) is 10.2. The van der Waals surface area contributed by atoms with Crippen molar-refractivity contribution in [3.63, 3.8) is 0 Å². The van der Waals surface area contributed by atoms with Gasteiger partial charge in [-0.1, -0.05) is 47.5 Å². The van der Waals surface area contributed by atoms with E-state index >= 15 is 0 Å². The molecule has 0 aliphatic carbocycles. The van der Waals surface area contributed by atoms with Crippen molar-refractivity contribution >= 4 is 23.2 Å². The lowest BCUT2D eigenvalue weighted by atomic mass is 9.99. The van der Waals surface area contributed by atoms with Crippen LogP contribution in [-0.4, -0.2) is 29.7 Å². The summed E-state index contributed by atoms with van der Waals surface area (Å²) in [5, 5.41) is 4.74. The molecule has 1 aromatic heterocycles. The molecule has 6 heteroatoms. The van der Waals surface area contributed by atoms with Crippen LogP contribution in [0.5, 0.6) is 5.88 Å². The summed E-state index contributed by atoms with van der Waals surface area (Å²) in [6, 6.07) is 15.2. The van der Waals surface area contributed by atoms with Gasteiger partial charge >= 0.3 is 0 Å². The van der Waals surface area contributed by atoms with Gasteiger partial charge < -0.3 is 10.1 Å². The fourth-order valence-corrected chi connectivity index (χ4v) is 3.57. The highest BCUT2D eigenvalue weighted by atomic mass is 35.5. The molecule has 4 rings (SSSR count). The van der Waals surface area contributed by atoms with E-state index in [1.807, 2.05) is 48.5 Å². The van der Waals surface area contributed by atoms with E-state index in [0.717, 1.165) is 48.4 Å². The molecule has 0 radical (unpaired) electrons. The van der Waals surface area contributed by atoms with Gasteiger partial charge in [0.15, 0.2) is 0 Å². The summed E-state index contributed by atoms with van der Waals surface area (Å²) in [6.07, 6.45) is 3.95. The molecular weight excluding hydrogens is 393 g/mol. The first kappa shape index (κ1) is 19.2. The van der Waals surface area contributed by atoms with Crippen molar-refractivity contribution in [3.8, 4) is 28.4 Å². The number of benzene rings is 2. The highest BCUT2D eigenvalue weighted by Crippen LogP contribution is 2.32. The van der Waals surface area contributed by atoms with Crippen molar-refractivity contribution in [1.82, 2.24) is 15.3 Å². The SMILES string of the molecule is Clc1ccc(-c2ncc(OCC3CCNCC3)nc2-c2ccc(Cl)cc2)cc1. The van der Waals surface area contributed by atoms with E-state index < -0.39 is 0 Å². The minimum atomic E-state index is 0.543. The van der Waals surface area contributed by atoms with Crippen LogP contribution in [0.15, 0.2) is 54.7 Å². The van der Waals surface area contributed by atoms with Crippen molar-refractivity contribution in [1.29, 1.82) is 0 Å². The molecular formula is C22H21Cl2N3O. The molecule has 1 fully saturated rings. The molecule has 0 amide bonds. The smallest absolute Gasteiger partial charge is 0.232 e. The molecule has 4 nitrogen and oxygen atoms in total. The Kier molecular flexibility index (Phi) is 6.10. The fourth-order valence-electron chi connectivity index (χ4n) is 3.32. The van der Waals surface area contributed by atoms with Crippen molar-refractivity contribution in [3.05, 3.63) is 64.8 Å². The predicted octanol–water partition coefficient (Wildman–Crippen LogP) is 5.50. The molecule has 2 heterocycles. The third kappa shape index (κ3) is 4.64. The second kappa shape index (κ2) is 8.91. The minimum absolute atomic E-state index is 0.543. The lowest BCUT2D eigenvalue weighted by Gasteiger charge is -2.22. The monoisotopic (exact) mass is 413 g/mol. The third-order valence-corrected chi connectivity index (χ3v) is 5.42. The standard InChI is InChI=1S/C22H21Cl2N3O/c23-18-5-1-16(2-6-18)21-22(17-3-7-19(24)8-4-17)27-20(13-26-21)28-14-15-9-11-25-12-10-15/h1-8,13,15,25H,9-12,14H2. The summed E-state index contributed by atoms with van der Waals surface area (Å²) in [6.45, 7) is 2.76. The van der Waals surface area contributed by atoms with Gasteiger partial charge in [0.2, 0.25) is 5.88 Å². The lowest BCUT2D eigenvalue weighted by molar-refractivity contribution is 0.208. The molecule has 2 aromatic carbocycles. The Labute approximate surface area is 174 Å². The minimum Gasteiger partial charge on any atom is -0.476 e. The van der Waals surface area contributed by atoms with Gasteiger partial charge in [0.25, 0.3) is 0 Å². The van der Waals surface area contributed by atoms with Crippen molar-refractivity contribution in [2.45, 2.75) is 12.8 Å². The number of halogens is 2. The maximum atomic E-state index is 6.06. The Bertz CT molecular complexity index is 924. The number of aromatic nitrogens is 2. The normalized spacial score (nSPS) is 14.8. The highest BCUT2D eigenvalue weighted by Gasteiger charge is 2.16.